The summed E-state index contributed by atoms with van der Waals surface area (Å²) in [5.41, 5.74) is 0. The van der Waals surface area contributed by atoms with Gasteiger partial charge in [0.2, 0.25) is 5.91 Å². The van der Waals surface area contributed by atoms with Gasteiger partial charge in [0.15, 0.2) is 0 Å². The number of carboxylic acid groups (broad SMARTS) is 1. The number of amides is 1. The Morgan fingerprint density at radius 1 is 1.33 bits per heavy atom. The molecule has 0 saturated heterocycles. The van der Waals surface area contributed by atoms with Crippen LogP contribution < -0.4 is 5.32 Å². The second-order valence-corrected chi connectivity index (χ2v) is 5.98. The molecule has 102 valence electrons. The molecule has 2 fully saturated rings. The second-order valence-electron chi connectivity index (χ2n) is 5.98. The van der Waals surface area contributed by atoms with E-state index in [1.807, 2.05) is 6.92 Å². The maximum atomic E-state index is 12.1. The molecule has 2 aliphatic carbocycles. The first-order valence-electron chi connectivity index (χ1n) is 7.08. The molecule has 2 saturated carbocycles. The van der Waals surface area contributed by atoms with Crippen LogP contribution >= 0.6 is 0 Å². The number of carbonyl (C=O) groups excluding carboxylic acids is 1. The number of hydrogen-bond acceptors (Lipinski definition) is 2. The fraction of sp³-hybridized carbons (Fsp3) is 0.857. The fourth-order valence-corrected chi connectivity index (χ4v) is 3.55. The van der Waals surface area contributed by atoms with E-state index < -0.39 is 5.97 Å². The van der Waals surface area contributed by atoms with Crippen molar-refractivity contribution in [3.63, 3.8) is 0 Å². The van der Waals surface area contributed by atoms with Crippen LogP contribution in [0.15, 0.2) is 0 Å². The van der Waals surface area contributed by atoms with Crippen molar-refractivity contribution in [3.8, 4) is 0 Å². The van der Waals surface area contributed by atoms with Gasteiger partial charge in [-0.1, -0.05) is 6.42 Å². The van der Waals surface area contributed by atoms with Crippen molar-refractivity contribution in [1.82, 2.24) is 5.32 Å². The van der Waals surface area contributed by atoms with Crippen LogP contribution in [-0.4, -0.2) is 23.0 Å². The van der Waals surface area contributed by atoms with Crippen LogP contribution in [0.25, 0.3) is 0 Å². The molecule has 0 spiro atoms. The SMILES string of the molecule is CC(CCCC(=O)O)NC(=O)C1CC2CCC1C2. The standard InChI is InChI=1S/C14H23NO3/c1-9(3-2-4-13(16)17)15-14(18)12-8-10-5-6-11(12)7-10/h9-12H,2-8H2,1H3,(H,15,18)(H,16,17). The van der Waals surface area contributed by atoms with Gasteiger partial charge in [-0.15, -0.1) is 0 Å². The van der Waals surface area contributed by atoms with Crippen molar-refractivity contribution in [2.24, 2.45) is 17.8 Å². The van der Waals surface area contributed by atoms with Crippen LogP contribution in [0.3, 0.4) is 0 Å². The minimum absolute atomic E-state index is 0.0935. The lowest BCUT2D eigenvalue weighted by molar-refractivity contribution is -0.137. The van der Waals surface area contributed by atoms with Crippen molar-refractivity contribution in [1.29, 1.82) is 0 Å². The first-order valence-corrected chi connectivity index (χ1v) is 7.08. The molecule has 0 aliphatic heterocycles. The van der Waals surface area contributed by atoms with Crippen LogP contribution in [0, 0.1) is 17.8 Å². The highest BCUT2D eigenvalue weighted by Gasteiger charge is 2.43. The topological polar surface area (TPSA) is 66.4 Å². The van der Waals surface area contributed by atoms with Gasteiger partial charge < -0.3 is 10.4 Å². The van der Waals surface area contributed by atoms with Crippen molar-refractivity contribution >= 4 is 11.9 Å². The quantitative estimate of drug-likeness (QED) is 0.762. The molecule has 4 unspecified atom stereocenters. The van der Waals surface area contributed by atoms with Gasteiger partial charge in [0, 0.05) is 18.4 Å². The summed E-state index contributed by atoms with van der Waals surface area (Å²) in [6, 6.07) is 0.0935. The zero-order chi connectivity index (χ0) is 13.1. The maximum absolute atomic E-state index is 12.1. The number of aliphatic carboxylic acids is 1. The van der Waals surface area contributed by atoms with Crippen LogP contribution in [0.1, 0.15) is 51.9 Å². The predicted molar refractivity (Wildman–Crippen MR) is 68.0 cm³/mol. The number of nitrogens with one attached hydrogen (secondary N) is 1. The van der Waals surface area contributed by atoms with Gasteiger partial charge in [-0.05, 0) is 50.9 Å². The number of hydrogen-bond donors (Lipinski definition) is 2. The van der Waals surface area contributed by atoms with E-state index in [4.69, 9.17) is 5.11 Å². The summed E-state index contributed by atoms with van der Waals surface area (Å²) in [5, 5.41) is 11.6. The smallest absolute Gasteiger partial charge is 0.303 e. The van der Waals surface area contributed by atoms with Crippen LogP contribution in [0.2, 0.25) is 0 Å². The number of carbonyl (C=O) groups is 2. The summed E-state index contributed by atoms with van der Waals surface area (Å²) in [5.74, 6) is 1.06. The molecule has 4 heteroatoms. The maximum Gasteiger partial charge on any atom is 0.303 e. The molecular formula is C14H23NO3. The Morgan fingerprint density at radius 3 is 2.67 bits per heavy atom. The molecule has 0 aromatic heterocycles. The zero-order valence-electron chi connectivity index (χ0n) is 11.0. The van der Waals surface area contributed by atoms with Gasteiger partial charge in [-0.2, -0.15) is 0 Å². The molecule has 0 heterocycles. The van der Waals surface area contributed by atoms with E-state index >= 15 is 0 Å². The Balaban J connectivity index is 1.69. The van der Waals surface area contributed by atoms with Gasteiger partial charge in [-0.25, -0.2) is 0 Å². The van der Waals surface area contributed by atoms with E-state index in [-0.39, 0.29) is 24.3 Å². The fourth-order valence-electron chi connectivity index (χ4n) is 3.55. The number of carboxylic acids is 1. The molecule has 0 aromatic carbocycles. The summed E-state index contributed by atoms with van der Waals surface area (Å²) < 4.78 is 0. The zero-order valence-corrected chi connectivity index (χ0v) is 11.0. The third-order valence-electron chi connectivity index (χ3n) is 4.49. The Morgan fingerprint density at radius 2 is 2.11 bits per heavy atom. The first kappa shape index (κ1) is 13.4. The summed E-state index contributed by atoms with van der Waals surface area (Å²) in [6.07, 6.45) is 6.41. The van der Waals surface area contributed by atoms with Crippen LogP contribution in [0.4, 0.5) is 0 Å². The lowest BCUT2D eigenvalue weighted by atomic mass is 9.88. The van der Waals surface area contributed by atoms with E-state index in [2.05, 4.69) is 5.32 Å². The molecule has 18 heavy (non-hydrogen) atoms. The highest BCUT2D eigenvalue weighted by Crippen LogP contribution is 2.48. The molecule has 2 bridgehead atoms. The van der Waals surface area contributed by atoms with Gasteiger partial charge in [0.25, 0.3) is 0 Å². The average Bonchev–Trinajstić information content (AvgIpc) is 2.89. The van der Waals surface area contributed by atoms with Gasteiger partial charge in [0.05, 0.1) is 0 Å². The second kappa shape index (κ2) is 5.72. The molecule has 0 aromatic rings. The number of fused-ring (bicyclic) bond motifs is 2. The lowest BCUT2D eigenvalue weighted by Gasteiger charge is -2.23. The molecule has 4 atom stereocenters. The predicted octanol–water partition coefficient (Wildman–Crippen LogP) is 2.18. The summed E-state index contributed by atoms with van der Waals surface area (Å²) in [6.45, 7) is 1.97. The minimum Gasteiger partial charge on any atom is -0.481 e. The Bertz CT molecular complexity index is 329. The Hall–Kier alpha value is -1.06. The normalized spacial score (nSPS) is 31.3. The largest absolute Gasteiger partial charge is 0.481 e. The minimum atomic E-state index is -0.762. The summed E-state index contributed by atoms with van der Waals surface area (Å²) >= 11 is 0. The molecular weight excluding hydrogens is 230 g/mol. The summed E-state index contributed by atoms with van der Waals surface area (Å²) in [7, 11) is 0. The highest BCUT2D eigenvalue weighted by atomic mass is 16.4. The average molecular weight is 253 g/mol. The highest BCUT2D eigenvalue weighted by molar-refractivity contribution is 5.79. The van der Waals surface area contributed by atoms with Crippen LogP contribution in [0.5, 0.6) is 0 Å². The van der Waals surface area contributed by atoms with E-state index in [0.29, 0.717) is 12.3 Å². The first-order chi connectivity index (χ1) is 8.56. The molecule has 4 nitrogen and oxygen atoms in total. The third kappa shape index (κ3) is 3.24. The molecule has 0 radical (unpaired) electrons. The van der Waals surface area contributed by atoms with Crippen LogP contribution in [-0.2, 0) is 9.59 Å². The third-order valence-corrected chi connectivity index (χ3v) is 4.49. The van der Waals surface area contributed by atoms with E-state index in [0.717, 1.165) is 18.8 Å². The van der Waals surface area contributed by atoms with E-state index in [9.17, 15) is 9.59 Å². The molecule has 2 rings (SSSR count). The lowest BCUT2D eigenvalue weighted by Crippen LogP contribution is -2.39. The summed E-state index contributed by atoms with van der Waals surface area (Å²) in [4.78, 5) is 22.5. The van der Waals surface area contributed by atoms with E-state index in [1.54, 1.807) is 0 Å². The van der Waals surface area contributed by atoms with Crippen molar-refractivity contribution in [3.05, 3.63) is 0 Å². The molecule has 1 amide bonds. The van der Waals surface area contributed by atoms with Crippen molar-refractivity contribution in [2.45, 2.75) is 57.9 Å². The van der Waals surface area contributed by atoms with E-state index in [1.165, 1.54) is 19.3 Å². The van der Waals surface area contributed by atoms with Gasteiger partial charge >= 0.3 is 5.97 Å². The molecule has 2 aliphatic rings. The van der Waals surface area contributed by atoms with Gasteiger partial charge in [-0.3, -0.25) is 9.59 Å². The van der Waals surface area contributed by atoms with Gasteiger partial charge in [0.1, 0.15) is 0 Å². The van der Waals surface area contributed by atoms with Crippen molar-refractivity contribution < 1.29 is 14.7 Å². The number of rotatable bonds is 6. The van der Waals surface area contributed by atoms with Crippen molar-refractivity contribution in [2.75, 3.05) is 0 Å². The molecule has 2 N–H and O–H groups in total. The Kier molecular flexibility index (Phi) is 4.25. The monoisotopic (exact) mass is 253 g/mol. The Labute approximate surface area is 108 Å².